The van der Waals surface area contributed by atoms with Gasteiger partial charge in [0.05, 0.1) is 13.0 Å². The third kappa shape index (κ3) is 2.25. The highest BCUT2D eigenvalue weighted by atomic mass is 16.1. The SMILES string of the molecule is O=[C]Cc1nnnn1Cc1ccccc1. The third-order valence-corrected chi connectivity index (χ3v) is 2.01. The Hall–Kier alpha value is -2.04. The molecule has 0 aliphatic carbocycles. The molecule has 0 bridgehead atoms. The lowest BCUT2D eigenvalue weighted by Crippen LogP contribution is -2.07. The molecule has 5 heteroatoms. The monoisotopic (exact) mass is 201 g/mol. The molecule has 0 saturated carbocycles. The molecule has 5 nitrogen and oxygen atoms in total. The van der Waals surface area contributed by atoms with Crippen LogP contribution >= 0.6 is 0 Å². The average molecular weight is 201 g/mol. The van der Waals surface area contributed by atoms with Crippen LogP contribution < -0.4 is 0 Å². The molecule has 0 unspecified atom stereocenters. The number of hydrogen-bond acceptors (Lipinski definition) is 4. The summed E-state index contributed by atoms with van der Waals surface area (Å²) in [7, 11) is 0. The van der Waals surface area contributed by atoms with E-state index in [0.29, 0.717) is 12.4 Å². The summed E-state index contributed by atoms with van der Waals surface area (Å²) in [4.78, 5) is 10.2. The van der Waals surface area contributed by atoms with Crippen molar-refractivity contribution in [2.45, 2.75) is 13.0 Å². The minimum atomic E-state index is 0.125. The van der Waals surface area contributed by atoms with E-state index in [1.54, 1.807) is 11.0 Å². The second kappa shape index (κ2) is 4.45. The van der Waals surface area contributed by atoms with Gasteiger partial charge in [0.2, 0.25) is 6.29 Å². The van der Waals surface area contributed by atoms with Crippen LogP contribution in [0.4, 0.5) is 0 Å². The number of carbonyl (C=O) groups excluding carboxylic acids is 1. The van der Waals surface area contributed by atoms with Gasteiger partial charge in [-0.25, -0.2) is 4.68 Å². The van der Waals surface area contributed by atoms with Crippen molar-refractivity contribution < 1.29 is 4.79 Å². The Morgan fingerprint density at radius 1 is 1.27 bits per heavy atom. The molecule has 1 radical (unpaired) electrons. The van der Waals surface area contributed by atoms with E-state index in [4.69, 9.17) is 0 Å². The van der Waals surface area contributed by atoms with E-state index in [0.717, 1.165) is 5.56 Å². The van der Waals surface area contributed by atoms with Gasteiger partial charge >= 0.3 is 0 Å². The molecule has 0 atom stereocenters. The molecule has 15 heavy (non-hydrogen) atoms. The van der Waals surface area contributed by atoms with Crippen molar-refractivity contribution in [3.63, 3.8) is 0 Å². The van der Waals surface area contributed by atoms with Crippen molar-refractivity contribution in [1.82, 2.24) is 20.2 Å². The van der Waals surface area contributed by atoms with Crippen LogP contribution in [0, 0.1) is 0 Å². The van der Waals surface area contributed by atoms with Gasteiger partial charge in [-0.15, -0.1) is 5.10 Å². The first-order chi connectivity index (χ1) is 7.40. The Labute approximate surface area is 86.7 Å². The van der Waals surface area contributed by atoms with E-state index in [2.05, 4.69) is 15.5 Å². The summed E-state index contributed by atoms with van der Waals surface area (Å²) in [6.07, 6.45) is 1.91. The normalized spacial score (nSPS) is 10.1. The fourth-order valence-electron chi connectivity index (χ4n) is 1.29. The number of tetrazole rings is 1. The number of hydrogen-bond donors (Lipinski definition) is 0. The number of benzene rings is 1. The molecule has 2 rings (SSSR count). The summed E-state index contributed by atoms with van der Waals surface area (Å²) < 4.78 is 1.60. The Bertz CT molecular complexity index is 438. The van der Waals surface area contributed by atoms with Crippen LogP contribution in [0.25, 0.3) is 0 Å². The van der Waals surface area contributed by atoms with Crippen molar-refractivity contribution >= 4 is 6.29 Å². The predicted molar refractivity (Wildman–Crippen MR) is 52.8 cm³/mol. The Balaban J connectivity index is 2.17. The van der Waals surface area contributed by atoms with Gasteiger partial charge in [-0.05, 0) is 16.0 Å². The zero-order valence-corrected chi connectivity index (χ0v) is 8.00. The third-order valence-electron chi connectivity index (χ3n) is 2.01. The van der Waals surface area contributed by atoms with Crippen LogP contribution in [0.3, 0.4) is 0 Å². The Morgan fingerprint density at radius 3 is 2.80 bits per heavy atom. The summed E-state index contributed by atoms with van der Waals surface area (Å²) >= 11 is 0. The van der Waals surface area contributed by atoms with Gasteiger partial charge in [-0.2, -0.15) is 0 Å². The van der Waals surface area contributed by atoms with E-state index in [1.807, 2.05) is 30.3 Å². The molecule has 1 aromatic carbocycles. The lowest BCUT2D eigenvalue weighted by atomic mass is 10.2. The maximum Gasteiger partial charge on any atom is 0.206 e. The smallest absolute Gasteiger partial charge is 0.206 e. The van der Waals surface area contributed by atoms with E-state index < -0.39 is 0 Å². The Morgan fingerprint density at radius 2 is 2.07 bits per heavy atom. The van der Waals surface area contributed by atoms with Crippen LogP contribution in [0.1, 0.15) is 11.4 Å². The lowest BCUT2D eigenvalue weighted by molar-refractivity contribution is 0.549. The van der Waals surface area contributed by atoms with Crippen molar-refractivity contribution in [3.8, 4) is 0 Å². The molecule has 0 N–H and O–H groups in total. The second-order valence-corrected chi connectivity index (χ2v) is 3.06. The van der Waals surface area contributed by atoms with E-state index in [9.17, 15) is 4.79 Å². The molecule has 0 spiro atoms. The van der Waals surface area contributed by atoms with Crippen LogP contribution in [0.5, 0.6) is 0 Å². The first kappa shape index (κ1) is 9.51. The van der Waals surface area contributed by atoms with Gasteiger partial charge in [0.1, 0.15) is 0 Å². The Kier molecular flexibility index (Phi) is 2.82. The zero-order chi connectivity index (χ0) is 10.5. The highest BCUT2D eigenvalue weighted by Gasteiger charge is 2.05. The maximum absolute atomic E-state index is 10.2. The summed E-state index contributed by atoms with van der Waals surface area (Å²) in [5.74, 6) is 0.536. The van der Waals surface area contributed by atoms with Gasteiger partial charge in [-0.1, -0.05) is 30.3 Å². The zero-order valence-electron chi connectivity index (χ0n) is 8.00. The molecule has 0 fully saturated rings. The molecule has 0 saturated heterocycles. The molecule has 0 amide bonds. The summed E-state index contributed by atoms with van der Waals surface area (Å²) in [6.45, 7) is 0.574. The van der Waals surface area contributed by atoms with E-state index in [-0.39, 0.29) is 6.42 Å². The number of aromatic nitrogens is 4. The molecule has 75 valence electrons. The molecule has 1 aromatic heterocycles. The van der Waals surface area contributed by atoms with Gasteiger partial charge in [0.25, 0.3) is 0 Å². The van der Waals surface area contributed by atoms with Crippen LogP contribution in [-0.2, 0) is 17.8 Å². The molecule has 0 aliphatic heterocycles. The summed E-state index contributed by atoms with van der Waals surface area (Å²) in [5.41, 5.74) is 1.09. The summed E-state index contributed by atoms with van der Waals surface area (Å²) in [5, 5.41) is 11.1. The molecular formula is C10H9N4O. The van der Waals surface area contributed by atoms with Gasteiger partial charge < -0.3 is 0 Å². The van der Waals surface area contributed by atoms with Crippen LogP contribution in [-0.4, -0.2) is 26.5 Å². The second-order valence-electron chi connectivity index (χ2n) is 3.06. The first-order valence-corrected chi connectivity index (χ1v) is 4.54. The maximum atomic E-state index is 10.2. The average Bonchev–Trinajstić information content (AvgIpc) is 2.68. The van der Waals surface area contributed by atoms with Gasteiger partial charge in [0.15, 0.2) is 5.82 Å². The molecule has 1 heterocycles. The molecule has 0 aliphatic rings. The van der Waals surface area contributed by atoms with Gasteiger partial charge in [-0.3, -0.25) is 4.79 Å². The fourth-order valence-corrected chi connectivity index (χ4v) is 1.29. The van der Waals surface area contributed by atoms with Crippen LogP contribution in [0.15, 0.2) is 30.3 Å². The van der Waals surface area contributed by atoms with Crippen molar-refractivity contribution in [2.75, 3.05) is 0 Å². The molecular weight excluding hydrogens is 192 g/mol. The minimum Gasteiger partial charge on any atom is -0.290 e. The quantitative estimate of drug-likeness (QED) is 0.717. The predicted octanol–water partition coefficient (Wildman–Crippen LogP) is 0.374. The standard InChI is InChI=1S/C10H9N4O/c15-7-6-10-11-12-13-14(10)8-9-4-2-1-3-5-9/h1-5H,6,8H2. The summed E-state index contributed by atoms with van der Waals surface area (Å²) in [6, 6.07) is 9.81. The number of rotatable bonds is 4. The highest BCUT2D eigenvalue weighted by Crippen LogP contribution is 2.02. The van der Waals surface area contributed by atoms with Crippen LogP contribution in [0.2, 0.25) is 0 Å². The lowest BCUT2D eigenvalue weighted by Gasteiger charge is -2.01. The molecule has 2 aromatic rings. The van der Waals surface area contributed by atoms with Gasteiger partial charge in [0, 0.05) is 0 Å². The first-order valence-electron chi connectivity index (χ1n) is 4.54. The van der Waals surface area contributed by atoms with E-state index >= 15 is 0 Å². The minimum absolute atomic E-state index is 0.125. The number of nitrogens with zero attached hydrogens (tertiary/aromatic N) is 4. The largest absolute Gasteiger partial charge is 0.290 e. The van der Waals surface area contributed by atoms with E-state index in [1.165, 1.54) is 0 Å². The fraction of sp³-hybridized carbons (Fsp3) is 0.200. The highest BCUT2D eigenvalue weighted by molar-refractivity contribution is 5.53. The van der Waals surface area contributed by atoms with Crippen molar-refractivity contribution in [2.24, 2.45) is 0 Å². The van der Waals surface area contributed by atoms with Crippen molar-refractivity contribution in [1.29, 1.82) is 0 Å². The topological polar surface area (TPSA) is 60.7 Å². The van der Waals surface area contributed by atoms with Crippen molar-refractivity contribution in [3.05, 3.63) is 41.7 Å².